The lowest BCUT2D eigenvalue weighted by Gasteiger charge is -1.97. The number of aromatic hydroxyl groups is 1. The van der Waals surface area contributed by atoms with Crippen molar-refractivity contribution in [3.8, 4) is 5.75 Å². The van der Waals surface area contributed by atoms with Crippen LogP contribution in [0.2, 0.25) is 0 Å². The maximum Gasteiger partial charge on any atom is 0.348 e. The van der Waals surface area contributed by atoms with Gasteiger partial charge in [-0.15, -0.1) is 11.3 Å². The van der Waals surface area contributed by atoms with E-state index in [2.05, 4.69) is 4.98 Å². The van der Waals surface area contributed by atoms with Gasteiger partial charge in [0.25, 0.3) is 0 Å². The molecule has 0 amide bonds. The number of fused-ring (bicyclic) bond motifs is 1. The Morgan fingerprint density at radius 2 is 2.29 bits per heavy atom. The molecule has 0 spiro atoms. The molecular weight excluding hydrogens is 202 g/mol. The molecule has 2 rings (SSSR count). The third-order valence-electron chi connectivity index (χ3n) is 1.87. The molecule has 0 radical (unpaired) electrons. The van der Waals surface area contributed by atoms with Gasteiger partial charge in [-0.3, -0.25) is 4.98 Å². The lowest BCUT2D eigenvalue weighted by molar-refractivity contribution is 0.0704. The predicted molar refractivity (Wildman–Crippen MR) is 53.0 cm³/mol. The summed E-state index contributed by atoms with van der Waals surface area (Å²) in [6.07, 6.45) is 0. The molecule has 0 aromatic carbocycles. The summed E-state index contributed by atoms with van der Waals surface area (Å²) in [4.78, 5) is 15.0. The SMILES string of the molecule is Cc1cc(O)c2csc(C(=O)O)c2n1. The molecule has 0 bridgehead atoms. The largest absolute Gasteiger partial charge is 0.507 e. The number of carboxylic acid groups (broad SMARTS) is 1. The van der Waals surface area contributed by atoms with Gasteiger partial charge in [0.1, 0.15) is 10.6 Å². The summed E-state index contributed by atoms with van der Waals surface area (Å²) in [5, 5.41) is 20.5. The minimum atomic E-state index is -1.01. The summed E-state index contributed by atoms with van der Waals surface area (Å²) in [5.41, 5.74) is 0.968. The molecule has 4 nitrogen and oxygen atoms in total. The summed E-state index contributed by atoms with van der Waals surface area (Å²) >= 11 is 1.07. The lowest BCUT2D eigenvalue weighted by Crippen LogP contribution is -1.94. The Balaban J connectivity index is 2.85. The van der Waals surface area contributed by atoms with Crippen LogP contribution < -0.4 is 0 Å². The highest BCUT2D eigenvalue weighted by atomic mass is 32.1. The van der Waals surface area contributed by atoms with E-state index < -0.39 is 5.97 Å². The van der Waals surface area contributed by atoms with E-state index >= 15 is 0 Å². The molecular formula is C9H7NO3S. The van der Waals surface area contributed by atoms with Gasteiger partial charge in [-0.25, -0.2) is 4.79 Å². The van der Waals surface area contributed by atoms with Crippen molar-refractivity contribution < 1.29 is 15.0 Å². The van der Waals surface area contributed by atoms with Crippen LogP contribution in [0.15, 0.2) is 11.4 Å². The van der Waals surface area contributed by atoms with Gasteiger partial charge < -0.3 is 10.2 Å². The third-order valence-corrected chi connectivity index (χ3v) is 2.83. The van der Waals surface area contributed by atoms with Gasteiger partial charge in [0.05, 0.1) is 10.9 Å². The van der Waals surface area contributed by atoms with Crippen molar-refractivity contribution in [1.29, 1.82) is 0 Å². The number of pyridine rings is 1. The Bertz CT molecular complexity index is 518. The first-order valence-electron chi connectivity index (χ1n) is 3.90. The smallest absolute Gasteiger partial charge is 0.348 e. The minimum absolute atomic E-state index is 0.0799. The van der Waals surface area contributed by atoms with Gasteiger partial charge >= 0.3 is 5.97 Å². The van der Waals surface area contributed by atoms with Crippen molar-refractivity contribution in [2.75, 3.05) is 0 Å². The Morgan fingerprint density at radius 1 is 1.57 bits per heavy atom. The van der Waals surface area contributed by atoms with E-state index in [0.29, 0.717) is 16.6 Å². The van der Waals surface area contributed by atoms with Crippen LogP contribution in [0.25, 0.3) is 10.9 Å². The first-order valence-corrected chi connectivity index (χ1v) is 4.78. The minimum Gasteiger partial charge on any atom is -0.507 e. The lowest BCUT2D eigenvalue weighted by atomic mass is 10.2. The Kier molecular flexibility index (Phi) is 1.89. The number of nitrogens with zero attached hydrogens (tertiary/aromatic N) is 1. The molecule has 0 saturated heterocycles. The summed E-state index contributed by atoms with van der Waals surface area (Å²) in [6, 6.07) is 1.51. The van der Waals surface area contributed by atoms with Gasteiger partial charge in [-0.2, -0.15) is 0 Å². The quantitative estimate of drug-likeness (QED) is 0.753. The van der Waals surface area contributed by atoms with Crippen molar-refractivity contribution in [2.24, 2.45) is 0 Å². The average Bonchev–Trinajstić information content (AvgIpc) is 2.47. The summed E-state index contributed by atoms with van der Waals surface area (Å²) in [5.74, 6) is -0.932. The fraction of sp³-hybridized carbons (Fsp3) is 0.111. The van der Waals surface area contributed by atoms with E-state index in [-0.39, 0.29) is 10.6 Å². The Labute approximate surface area is 83.5 Å². The molecule has 0 unspecified atom stereocenters. The standard InChI is InChI=1S/C9H7NO3S/c1-4-2-6(11)5-3-14-8(9(12)13)7(5)10-4/h2-3,11H,1H3,(H,12,13). The normalized spacial score (nSPS) is 10.6. The number of thiophene rings is 1. The number of aromatic carboxylic acids is 1. The van der Waals surface area contributed by atoms with Crippen LogP contribution in [0.1, 0.15) is 15.4 Å². The number of carbonyl (C=O) groups is 1. The molecule has 5 heteroatoms. The van der Waals surface area contributed by atoms with Crippen molar-refractivity contribution in [1.82, 2.24) is 4.98 Å². The molecule has 2 aromatic heterocycles. The molecule has 0 atom stereocenters. The molecule has 2 heterocycles. The van der Waals surface area contributed by atoms with Crippen LogP contribution in [0.3, 0.4) is 0 Å². The highest BCUT2D eigenvalue weighted by Crippen LogP contribution is 2.31. The molecule has 0 aliphatic carbocycles. The van der Waals surface area contributed by atoms with Crippen LogP contribution in [0, 0.1) is 6.92 Å². The van der Waals surface area contributed by atoms with Crippen LogP contribution >= 0.6 is 11.3 Å². The fourth-order valence-electron chi connectivity index (χ4n) is 1.28. The summed E-state index contributed by atoms with van der Waals surface area (Å²) < 4.78 is 0. The van der Waals surface area contributed by atoms with Crippen molar-refractivity contribution in [3.63, 3.8) is 0 Å². The fourth-order valence-corrected chi connectivity index (χ4v) is 2.12. The molecule has 14 heavy (non-hydrogen) atoms. The molecule has 72 valence electrons. The number of aromatic nitrogens is 1. The molecule has 2 aromatic rings. The first kappa shape index (κ1) is 8.96. The van der Waals surface area contributed by atoms with Crippen LogP contribution in [0.4, 0.5) is 0 Å². The molecule has 0 aliphatic heterocycles. The van der Waals surface area contributed by atoms with Crippen LogP contribution in [-0.4, -0.2) is 21.2 Å². The second-order valence-corrected chi connectivity index (χ2v) is 3.79. The van der Waals surface area contributed by atoms with E-state index in [9.17, 15) is 9.90 Å². The van der Waals surface area contributed by atoms with Crippen LogP contribution in [-0.2, 0) is 0 Å². The second-order valence-electron chi connectivity index (χ2n) is 2.92. The summed E-state index contributed by atoms with van der Waals surface area (Å²) in [7, 11) is 0. The summed E-state index contributed by atoms with van der Waals surface area (Å²) in [6.45, 7) is 1.71. The van der Waals surface area contributed by atoms with Crippen molar-refractivity contribution >= 4 is 28.2 Å². The monoisotopic (exact) mass is 209 g/mol. The zero-order valence-corrected chi connectivity index (χ0v) is 8.13. The van der Waals surface area contributed by atoms with Crippen molar-refractivity contribution in [3.05, 3.63) is 22.0 Å². The molecule has 0 aliphatic rings. The van der Waals surface area contributed by atoms with E-state index in [0.717, 1.165) is 11.3 Å². The number of aryl methyl sites for hydroxylation is 1. The van der Waals surface area contributed by atoms with Crippen LogP contribution in [0.5, 0.6) is 5.75 Å². The van der Waals surface area contributed by atoms with Gasteiger partial charge in [-0.1, -0.05) is 0 Å². The Morgan fingerprint density at radius 3 is 2.93 bits per heavy atom. The highest BCUT2D eigenvalue weighted by molar-refractivity contribution is 7.13. The van der Waals surface area contributed by atoms with Gasteiger partial charge in [0.15, 0.2) is 0 Å². The van der Waals surface area contributed by atoms with Gasteiger partial charge in [0, 0.05) is 17.1 Å². The maximum absolute atomic E-state index is 10.8. The van der Waals surface area contributed by atoms with Crippen molar-refractivity contribution in [2.45, 2.75) is 6.92 Å². The third kappa shape index (κ3) is 1.22. The molecule has 0 fully saturated rings. The second kappa shape index (κ2) is 2.95. The highest BCUT2D eigenvalue weighted by Gasteiger charge is 2.15. The van der Waals surface area contributed by atoms with E-state index in [1.54, 1.807) is 12.3 Å². The van der Waals surface area contributed by atoms with E-state index in [1.165, 1.54) is 6.07 Å². The van der Waals surface area contributed by atoms with E-state index in [1.807, 2.05) is 0 Å². The molecule has 2 N–H and O–H groups in total. The number of carboxylic acids is 1. The predicted octanol–water partition coefficient (Wildman–Crippen LogP) is 2.01. The first-order chi connectivity index (χ1) is 6.59. The van der Waals surface area contributed by atoms with Gasteiger partial charge in [0.2, 0.25) is 0 Å². The average molecular weight is 209 g/mol. The number of rotatable bonds is 1. The number of hydrogen-bond donors (Lipinski definition) is 2. The zero-order valence-electron chi connectivity index (χ0n) is 7.31. The topological polar surface area (TPSA) is 70.4 Å². The molecule has 0 saturated carbocycles. The zero-order chi connectivity index (χ0) is 10.3. The van der Waals surface area contributed by atoms with Gasteiger partial charge in [-0.05, 0) is 6.92 Å². The maximum atomic E-state index is 10.8. The number of hydrogen-bond acceptors (Lipinski definition) is 4. The Hall–Kier alpha value is -1.62. The van der Waals surface area contributed by atoms with E-state index in [4.69, 9.17) is 5.11 Å².